The highest BCUT2D eigenvalue weighted by Crippen LogP contribution is 2.28. The van der Waals surface area contributed by atoms with Gasteiger partial charge in [0, 0.05) is 24.9 Å². The van der Waals surface area contributed by atoms with Gasteiger partial charge < -0.3 is 20.3 Å². The molecule has 148 valence electrons. The minimum atomic E-state index is -0.243. The van der Waals surface area contributed by atoms with Crippen LogP contribution in [0.5, 0.6) is 5.75 Å². The molecule has 0 saturated carbocycles. The monoisotopic (exact) mass is 375 g/mol. The lowest BCUT2D eigenvalue weighted by atomic mass is 10.0. The second kappa shape index (κ2) is 10.7. The van der Waals surface area contributed by atoms with E-state index >= 15 is 0 Å². The molecular weight excluding hydrogens is 346 g/mol. The molecule has 2 rings (SSSR count). The zero-order valence-corrected chi connectivity index (χ0v) is 16.2. The number of fused-ring (bicyclic) bond motifs is 1. The Balaban J connectivity index is 1.68. The maximum Gasteiger partial charge on any atom is 0.262 e. The molecule has 0 saturated heterocycles. The summed E-state index contributed by atoms with van der Waals surface area (Å²) in [4.78, 5) is 37.9. The number of hydrogen-bond donors (Lipinski definition) is 2. The van der Waals surface area contributed by atoms with Gasteiger partial charge in [-0.2, -0.15) is 0 Å². The van der Waals surface area contributed by atoms with E-state index in [1.165, 1.54) is 0 Å². The first-order chi connectivity index (χ1) is 13.0. The van der Waals surface area contributed by atoms with E-state index < -0.39 is 0 Å². The van der Waals surface area contributed by atoms with E-state index in [1.807, 2.05) is 0 Å². The summed E-state index contributed by atoms with van der Waals surface area (Å²) in [5.74, 6) is 0.0659. The number of benzene rings is 1. The van der Waals surface area contributed by atoms with E-state index in [2.05, 4.69) is 29.4 Å². The van der Waals surface area contributed by atoms with E-state index in [0.29, 0.717) is 23.5 Å². The molecule has 0 radical (unpaired) electrons. The molecule has 0 unspecified atom stereocenters. The Morgan fingerprint density at radius 1 is 1.19 bits per heavy atom. The normalized spacial score (nSPS) is 12.9. The largest absolute Gasteiger partial charge is 0.482 e. The van der Waals surface area contributed by atoms with Crippen LogP contribution >= 0.6 is 0 Å². The average Bonchev–Trinajstić information content (AvgIpc) is 2.68. The lowest BCUT2D eigenvalue weighted by Crippen LogP contribution is -2.27. The fourth-order valence-electron chi connectivity index (χ4n) is 2.94. The van der Waals surface area contributed by atoms with Gasteiger partial charge in [-0.05, 0) is 50.7 Å². The Morgan fingerprint density at radius 2 is 1.96 bits per heavy atom. The number of ether oxygens (including phenoxy) is 1. The maximum absolute atomic E-state index is 12.3. The number of amides is 2. The Kier molecular flexibility index (Phi) is 8.26. The van der Waals surface area contributed by atoms with Gasteiger partial charge in [0.25, 0.3) is 5.91 Å². The van der Waals surface area contributed by atoms with Crippen molar-refractivity contribution in [2.24, 2.45) is 0 Å². The highest BCUT2D eigenvalue weighted by atomic mass is 16.5. The van der Waals surface area contributed by atoms with Crippen LogP contribution in [0.4, 0.5) is 5.69 Å². The predicted molar refractivity (Wildman–Crippen MR) is 104 cm³/mol. The number of hydrogen-bond acceptors (Lipinski definition) is 5. The van der Waals surface area contributed by atoms with Crippen LogP contribution in [0.2, 0.25) is 0 Å². The van der Waals surface area contributed by atoms with Crippen LogP contribution in [0.25, 0.3) is 0 Å². The number of Topliss-reactive ketones (excluding diaryl/α,β-unsaturated/α-hetero) is 1. The third-order valence-electron chi connectivity index (χ3n) is 4.63. The van der Waals surface area contributed by atoms with Crippen molar-refractivity contribution in [3.8, 4) is 5.75 Å². The molecule has 7 heteroatoms. The van der Waals surface area contributed by atoms with Gasteiger partial charge in [-0.3, -0.25) is 14.4 Å². The van der Waals surface area contributed by atoms with Crippen molar-refractivity contribution >= 4 is 23.3 Å². The molecule has 7 nitrogen and oxygen atoms in total. The zero-order chi connectivity index (χ0) is 19.6. The number of nitrogens with zero attached hydrogens (tertiary/aromatic N) is 1. The van der Waals surface area contributed by atoms with E-state index in [0.717, 1.165) is 32.5 Å². The minimum absolute atomic E-state index is 0.0185. The Labute approximate surface area is 160 Å². The van der Waals surface area contributed by atoms with Crippen LogP contribution in [0.15, 0.2) is 18.2 Å². The van der Waals surface area contributed by atoms with Gasteiger partial charge >= 0.3 is 0 Å². The molecular formula is C20H29N3O4. The molecule has 2 N–H and O–H groups in total. The van der Waals surface area contributed by atoms with Crippen LogP contribution in [0.1, 0.15) is 49.9 Å². The molecule has 0 aromatic heterocycles. The molecule has 1 aromatic carbocycles. The Hall–Kier alpha value is -2.41. The van der Waals surface area contributed by atoms with Crippen LogP contribution in [-0.2, 0) is 9.59 Å². The molecule has 0 atom stereocenters. The number of carbonyl (C=O) groups is 3. The number of nitrogens with one attached hydrogen (secondary N) is 2. The summed E-state index contributed by atoms with van der Waals surface area (Å²) in [7, 11) is 0. The van der Waals surface area contributed by atoms with E-state index in [9.17, 15) is 14.4 Å². The van der Waals surface area contributed by atoms with Crippen molar-refractivity contribution in [1.82, 2.24) is 10.2 Å². The molecule has 1 aliphatic rings. The van der Waals surface area contributed by atoms with Crippen LogP contribution in [-0.4, -0.2) is 55.3 Å². The molecule has 2 amide bonds. The van der Waals surface area contributed by atoms with Gasteiger partial charge in [0.2, 0.25) is 5.91 Å². The Morgan fingerprint density at radius 3 is 2.70 bits per heavy atom. The van der Waals surface area contributed by atoms with Crippen molar-refractivity contribution in [2.45, 2.75) is 39.5 Å². The van der Waals surface area contributed by atoms with Gasteiger partial charge in [0.15, 0.2) is 12.4 Å². The van der Waals surface area contributed by atoms with Crippen molar-refractivity contribution < 1.29 is 19.1 Å². The molecule has 0 fully saturated rings. The van der Waals surface area contributed by atoms with E-state index in [4.69, 9.17) is 4.74 Å². The summed E-state index contributed by atoms with van der Waals surface area (Å²) >= 11 is 0. The summed E-state index contributed by atoms with van der Waals surface area (Å²) in [5.41, 5.74) is 0.960. The molecule has 0 bridgehead atoms. The standard InChI is InChI=1S/C20H29N3O4/c1-3-23(4-2)12-6-5-11-21-19(25)10-8-17(24)15-7-9-18-16(13-15)22-20(26)14-27-18/h7,9,13H,3-6,8,10-12,14H2,1-2H3,(H,21,25)(H,22,26). The van der Waals surface area contributed by atoms with Gasteiger partial charge in [-0.15, -0.1) is 0 Å². The van der Waals surface area contributed by atoms with Crippen LogP contribution in [0, 0.1) is 0 Å². The quantitative estimate of drug-likeness (QED) is 0.457. The second-order valence-corrected chi connectivity index (χ2v) is 6.55. The summed E-state index contributed by atoms with van der Waals surface area (Å²) < 4.78 is 5.27. The topological polar surface area (TPSA) is 87.7 Å². The fourth-order valence-corrected chi connectivity index (χ4v) is 2.94. The third-order valence-corrected chi connectivity index (χ3v) is 4.63. The van der Waals surface area contributed by atoms with Gasteiger partial charge in [-0.1, -0.05) is 13.8 Å². The molecule has 0 aliphatic carbocycles. The minimum Gasteiger partial charge on any atom is -0.482 e. The van der Waals surface area contributed by atoms with Crippen molar-refractivity contribution in [3.63, 3.8) is 0 Å². The summed E-state index contributed by atoms with van der Waals surface area (Å²) in [5, 5.41) is 5.55. The SMILES string of the molecule is CCN(CC)CCCCNC(=O)CCC(=O)c1ccc2c(c1)NC(=O)CO2. The lowest BCUT2D eigenvalue weighted by Gasteiger charge is -2.18. The third kappa shape index (κ3) is 6.67. The first-order valence-corrected chi connectivity index (χ1v) is 9.62. The summed E-state index contributed by atoms with van der Waals surface area (Å²) in [6, 6.07) is 4.92. The Bertz CT molecular complexity index is 671. The fraction of sp³-hybridized carbons (Fsp3) is 0.550. The van der Waals surface area contributed by atoms with Crippen molar-refractivity contribution in [3.05, 3.63) is 23.8 Å². The second-order valence-electron chi connectivity index (χ2n) is 6.55. The van der Waals surface area contributed by atoms with Gasteiger partial charge in [-0.25, -0.2) is 0 Å². The highest BCUT2D eigenvalue weighted by molar-refractivity contribution is 6.01. The lowest BCUT2D eigenvalue weighted by molar-refractivity contribution is -0.121. The van der Waals surface area contributed by atoms with Gasteiger partial charge in [0.05, 0.1) is 5.69 Å². The highest BCUT2D eigenvalue weighted by Gasteiger charge is 2.18. The number of anilines is 1. The van der Waals surface area contributed by atoms with Crippen molar-refractivity contribution in [2.75, 3.05) is 38.1 Å². The van der Waals surface area contributed by atoms with E-state index in [1.54, 1.807) is 18.2 Å². The molecule has 27 heavy (non-hydrogen) atoms. The smallest absolute Gasteiger partial charge is 0.262 e. The van der Waals surface area contributed by atoms with Crippen LogP contribution in [0.3, 0.4) is 0 Å². The number of unbranched alkanes of at least 4 members (excludes halogenated alkanes) is 1. The van der Waals surface area contributed by atoms with Gasteiger partial charge in [0.1, 0.15) is 5.75 Å². The first kappa shape index (κ1) is 20.9. The zero-order valence-electron chi connectivity index (χ0n) is 16.2. The molecule has 1 aromatic rings. The number of ketones is 1. The van der Waals surface area contributed by atoms with E-state index in [-0.39, 0.29) is 37.0 Å². The predicted octanol–water partition coefficient (Wildman–Crippen LogP) is 2.22. The summed E-state index contributed by atoms with van der Waals surface area (Å²) in [6.45, 7) is 8.04. The van der Waals surface area contributed by atoms with Crippen LogP contribution < -0.4 is 15.4 Å². The summed E-state index contributed by atoms with van der Waals surface area (Å²) in [6.07, 6.45) is 2.28. The maximum atomic E-state index is 12.3. The average molecular weight is 375 g/mol. The molecule has 1 heterocycles. The number of rotatable bonds is 11. The first-order valence-electron chi connectivity index (χ1n) is 9.62. The van der Waals surface area contributed by atoms with Crippen molar-refractivity contribution in [1.29, 1.82) is 0 Å². The number of carbonyl (C=O) groups excluding carboxylic acids is 3. The molecule has 0 spiro atoms. The molecule has 1 aliphatic heterocycles.